The van der Waals surface area contributed by atoms with Crippen molar-refractivity contribution < 1.29 is 39.9 Å². The maximum Gasteiger partial charge on any atom is 0.255 e. The molecule has 6 atom stereocenters. The first-order valence-electron chi connectivity index (χ1n) is 10.7. The van der Waals surface area contributed by atoms with Crippen LogP contribution in [-0.4, -0.2) is 79.2 Å². The van der Waals surface area contributed by atoms with Gasteiger partial charge in [0.1, 0.15) is 22.8 Å². The smallest absolute Gasteiger partial charge is 0.255 e. The average Bonchev–Trinajstić information content (AvgIpc) is 2.77. The van der Waals surface area contributed by atoms with E-state index in [1.54, 1.807) is 19.9 Å². The Balaban J connectivity index is 2.07. The number of nitrogens with two attached hydrogens (primary N) is 1. The van der Waals surface area contributed by atoms with Gasteiger partial charge in [0.15, 0.2) is 11.4 Å². The topological polar surface area (TPSA) is 182 Å². The Bertz CT molecular complexity index is 1210. The molecule has 1 aromatic carbocycles. The number of ketones is 2. The summed E-state index contributed by atoms with van der Waals surface area (Å²) in [5, 5.41) is 55.8. The summed E-state index contributed by atoms with van der Waals surface area (Å²) in [4.78, 5) is 40.4. The second-order valence-corrected chi connectivity index (χ2v) is 9.87. The monoisotopic (exact) mass is 536 g/mol. The Morgan fingerprint density at radius 1 is 1.24 bits per heavy atom. The van der Waals surface area contributed by atoms with Gasteiger partial charge in [-0.1, -0.05) is 29.8 Å². The molecule has 11 heteroatoms. The quantitative estimate of drug-likeness (QED) is 0.304. The Labute approximate surface area is 203 Å². The van der Waals surface area contributed by atoms with Gasteiger partial charge in [-0.25, -0.2) is 0 Å². The molecule has 0 bridgehead atoms. The van der Waals surface area contributed by atoms with E-state index in [4.69, 9.17) is 5.73 Å². The molecule has 34 heavy (non-hydrogen) atoms. The Morgan fingerprint density at radius 2 is 1.85 bits per heavy atom. The summed E-state index contributed by atoms with van der Waals surface area (Å²) in [5.74, 6) is -9.00. The molecule has 4 unspecified atom stereocenters. The molecular formula is C23H25BrN2O8. The van der Waals surface area contributed by atoms with Crippen LogP contribution in [0.4, 0.5) is 0 Å². The number of likely N-dealkylation sites (N-methyl/N-ethyl adjacent to an activating group) is 1. The number of carbonyl (C=O) groups is 3. The molecule has 0 aliphatic heterocycles. The van der Waals surface area contributed by atoms with Crippen molar-refractivity contribution in [1.29, 1.82) is 0 Å². The third-order valence-corrected chi connectivity index (χ3v) is 8.17. The van der Waals surface area contributed by atoms with Gasteiger partial charge >= 0.3 is 0 Å². The number of nitrogens with zero attached hydrogens (tertiary/aromatic N) is 1. The largest absolute Gasteiger partial charge is 0.510 e. The van der Waals surface area contributed by atoms with Crippen molar-refractivity contribution >= 4 is 33.4 Å². The number of primary amides is 1. The fourth-order valence-electron chi connectivity index (χ4n) is 5.76. The lowest BCUT2D eigenvalue weighted by atomic mass is 9.55. The number of aliphatic hydroxyl groups is 4. The molecule has 0 spiro atoms. The molecule has 0 saturated heterocycles. The van der Waals surface area contributed by atoms with Crippen LogP contribution in [0, 0.1) is 11.8 Å². The normalized spacial score (nSPS) is 33.1. The van der Waals surface area contributed by atoms with Gasteiger partial charge in [-0.05, 0) is 37.2 Å². The molecule has 0 heterocycles. The highest BCUT2D eigenvalue weighted by molar-refractivity contribution is 9.10. The fourth-order valence-corrected chi connectivity index (χ4v) is 6.46. The standard InChI is InChI=1S/C23H25BrN2O8/c1-4-26(3)16-15-18(29)11-7(2)10-8(24)5-6-9(27)12(10)17(28)13(11)20(31)23(15,34)21(32)14(19(16)30)22(25)33/h5-7,11,15-16,18,27,29-31,34H,4H2,1-3H3,(H2,25,33)/t7?,11?,15?,16-,18?,23-/m0/s1. The van der Waals surface area contributed by atoms with E-state index in [2.05, 4.69) is 15.9 Å². The first-order chi connectivity index (χ1) is 15.8. The Hall–Kier alpha value is -2.73. The van der Waals surface area contributed by atoms with Crippen molar-refractivity contribution in [3.63, 3.8) is 0 Å². The summed E-state index contributed by atoms with van der Waals surface area (Å²) in [6.45, 7) is 3.66. The van der Waals surface area contributed by atoms with E-state index in [0.717, 1.165) is 0 Å². The molecule has 3 aliphatic rings. The number of phenolic OH excluding ortho intramolecular Hbond substituents is 1. The van der Waals surface area contributed by atoms with Gasteiger partial charge in [0.05, 0.1) is 23.6 Å². The Morgan fingerprint density at radius 3 is 2.41 bits per heavy atom. The van der Waals surface area contributed by atoms with Gasteiger partial charge in [0.25, 0.3) is 5.91 Å². The number of aliphatic hydroxyl groups excluding tert-OH is 3. The lowest BCUT2D eigenvalue weighted by molar-refractivity contribution is -0.162. The number of carbonyl (C=O) groups excluding carboxylic acids is 3. The van der Waals surface area contributed by atoms with E-state index in [0.29, 0.717) is 10.0 Å². The number of hydrogen-bond acceptors (Lipinski definition) is 9. The van der Waals surface area contributed by atoms with Crippen molar-refractivity contribution in [3.8, 4) is 5.75 Å². The maximum absolute atomic E-state index is 13.5. The number of benzene rings is 1. The summed E-state index contributed by atoms with van der Waals surface area (Å²) in [6, 6.07) is 1.56. The van der Waals surface area contributed by atoms with E-state index >= 15 is 0 Å². The van der Waals surface area contributed by atoms with Crippen LogP contribution in [0.1, 0.15) is 35.7 Å². The molecule has 0 radical (unpaired) electrons. The van der Waals surface area contributed by atoms with Crippen molar-refractivity contribution in [2.24, 2.45) is 17.6 Å². The van der Waals surface area contributed by atoms with Gasteiger partial charge in [0.2, 0.25) is 5.78 Å². The first kappa shape index (κ1) is 24.4. The number of hydrogen-bond donors (Lipinski definition) is 6. The molecule has 10 nitrogen and oxygen atoms in total. The summed E-state index contributed by atoms with van der Waals surface area (Å²) >= 11 is 3.37. The van der Waals surface area contributed by atoms with Crippen LogP contribution in [0.2, 0.25) is 0 Å². The summed E-state index contributed by atoms with van der Waals surface area (Å²) in [6.07, 6.45) is -1.61. The number of Topliss-reactive ketones (excluding diaryl/α,β-unsaturated/α-hetero) is 2. The van der Waals surface area contributed by atoms with Crippen LogP contribution >= 0.6 is 15.9 Å². The van der Waals surface area contributed by atoms with E-state index in [9.17, 15) is 39.9 Å². The van der Waals surface area contributed by atoms with Crippen molar-refractivity contribution in [3.05, 3.63) is 50.4 Å². The van der Waals surface area contributed by atoms with Gasteiger partial charge in [0, 0.05) is 16.0 Å². The predicted octanol–water partition coefficient (Wildman–Crippen LogP) is 0.805. The minimum atomic E-state index is -2.91. The maximum atomic E-state index is 13.5. The van der Waals surface area contributed by atoms with Crippen LogP contribution in [0.3, 0.4) is 0 Å². The number of halogens is 1. The van der Waals surface area contributed by atoms with E-state index in [1.807, 2.05) is 0 Å². The molecule has 1 amide bonds. The molecule has 3 aliphatic carbocycles. The average molecular weight is 537 g/mol. The second-order valence-electron chi connectivity index (χ2n) is 9.02. The molecule has 1 aromatic rings. The van der Waals surface area contributed by atoms with Crippen molar-refractivity contribution in [2.75, 3.05) is 13.6 Å². The van der Waals surface area contributed by atoms with Gasteiger partial charge in [-0.2, -0.15) is 0 Å². The highest BCUT2D eigenvalue weighted by Crippen LogP contribution is 2.56. The van der Waals surface area contributed by atoms with Crippen LogP contribution in [0.25, 0.3) is 0 Å². The van der Waals surface area contributed by atoms with Gasteiger partial charge in [-0.15, -0.1) is 0 Å². The SMILES string of the molecule is CCN(C)[C@@H]1C(O)=C(C(N)=O)C(=O)[C@@]2(O)C(O)=C3C(=O)c4c(O)ccc(Br)c4C(C)C3C(O)C12. The number of phenols is 1. The predicted molar refractivity (Wildman–Crippen MR) is 122 cm³/mol. The molecule has 0 aromatic heterocycles. The zero-order valence-corrected chi connectivity index (χ0v) is 20.2. The molecule has 182 valence electrons. The third-order valence-electron chi connectivity index (χ3n) is 7.47. The third kappa shape index (κ3) is 2.87. The van der Waals surface area contributed by atoms with Crippen molar-refractivity contribution in [2.45, 2.75) is 37.5 Å². The lowest BCUT2D eigenvalue weighted by Crippen LogP contribution is -2.68. The molecule has 0 fully saturated rings. The van der Waals surface area contributed by atoms with Gasteiger partial charge in [-0.3, -0.25) is 19.3 Å². The molecule has 4 rings (SSSR count). The fraction of sp³-hybridized carbons (Fsp3) is 0.435. The van der Waals surface area contributed by atoms with Crippen LogP contribution in [-0.2, 0) is 9.59 Å². The highest BCUT2D eigenvalue weighted by atomic mass is 79.9. The number of aromatic hydroxyl groups is 1. The van der Waals surface area contributed by atoms with Crippen LogP contribution in [0.5, 0.6) is 5.75 Å². The van der Waals surface area contributed by atoms with Gasteiger partial charge < -0.3 is 31.3 Å². The number of rotatable bonds is 3. The number of fused-ring (bicyclic) bond motifs is 3. The lowest BCUT2D eigenvalue weighted by Gasteiger charge is -2.53. The summed E-state index contributed by atoms with van der Waals surface area (Å²) in [7, 11) is 1.54. The summed E-state index contributed by atoms with van der Waals surface area (Å²) < 4.78 is 0.494. The zero-order valence-electron chi connectivity index (χ0n) is 18.6. The molecule has 0 saturated carbocycles. The summed E-state index contributed by atoms with van der Waals surface area (Å²) in [5.41, 5.74) is 1.33. The van der Waals surface area contributed by atoms with E-state index in [1.165, 1.54) is 18.0 Å². The molecular weight excluding hydrogens is 512 g/mol. The second kappa shape index (κ2) is 7.91. The van der Waals surface area contributed by atoms with E-state index in [-0.39, 0.29) is 17.9 Å². The Kier molecular flexibility index (Phi) is 5.67. The minimum absolute atomic E-state index is 0.132. The van der Waals surface area contributed by atoms with Crippen molar-refractivity contribution in [1.82, 2.24) is 4.90 Å². The minimum Gasteiger partial charge on any atom is -0.510 e. The highest BCUT2D eigenvalue weighted by Gasteiger charge is 2.67. The van der Waals surface area contributed by atoms with Crippen LogP contribution in [0.15, 0.2) is 39.3 Å². The molecule has 7 N–H and O–H groups in total. The zero-order chi connectivity index (χ0) is 25.4. The van der Waals surface area contributed by atoms with Crippen LogP contribution < -0.4 is 5.73 Å². The van der Waals surface area contributed by atoms with E-state index < -0.39 is 75.6 Å². The number of amides is 1. The first-order valence-corrected chi connectivity index (χ1v) is 11.5.